The standard InChI is InChI=1S/C12H11N5S/c1-9-3-5-14-12(15-9)18-8-10-7-17-6-2-4-13-11(17)16-10/h2-7H,8H2,1H3/p+1. The third-order valence-electron chi connectivity index (χ3n) is 2.47. The van der Waals surface area contributed by atoms with Crippen molar-refractivity contribution in [1.82, 2.24) is 19.9 Å². The van der Waals surface area contributed by atoms with Gasteiger partial charge in [0.1, 0.15) is 18.1 Å². The maximum absolute atomic E-state index is 4.36. The molecule has 5 nitrogen and oxygen atoms in total. The van der Waals surface area contributed by atoms with E-state index in [1.54, 1.807) is 24.2 Å². The Kier molecular flexibility index (Phi) is 2.93. The van der Waals surface area contributed by atoms with Gasteiger partial charge < -0.3 is 0 Å². The number of nitrogens with zero attached hydrogens (tertiary/aromatic N) is 4. The first-order valence-electron chi connectivity index (χ1n) is 5.57. The monoisotopic (exact) mass is 258 g/mol. The minimum absolute atomic E-state index is 0.798. The van der Waals surface area contributed by atoms with Crippen molar-refractivity contribution in [2.75, 3.05) is 0 Å². The highest BCUT2D eigenvalue weighted by Gasteiger charge is 2.09. The minimum atomic E-state index is 0.798. The SMILES string of the molecule is Cc1ccnc(SCc2c[n+]3cccnc3[nH]2)n1. The summed E-state index contributed by atoms with van der Waals surface area (Å²) in [6.45, 7) is 1.97. The molecule has 0 saturated heterocycles. The summed E-state index contributed by atoms with van der Waals surface area (Å²) in [6, 6.07) is 3.80. The second-order valence-electron chi connectivity index (χ2n) is 3.90. The van der Waals surface area contributed by atoms with Crippen LogP contribution in [0.2, 0.25) is 0 Å². The number of hydrogen-bond acceptors (Lipinski definition) is 4. The van der Waals surface area contributed by atoms with Crippen LogP contribution < -0.4 is 4.40 Å². The first kappa shape index (κ1) is 11.2. The highest BCUT2D eigenvalue weighted by atomic mass is 32.2. The van der Waals surface area contributed by atoms with Gasteiger partial charge in [-0.05, 0) is 13.0 Å². The fourth-order valence-corrected chi connectivity index (χ4v) is 2.41. The number of rotatable bonds is 3. The van der Waals surface area contributed by atoms with E-state index in [2.05, 4.69) is 19.9 Å². The van der Waals surface area contributed by atoms with Crippen LogP contribution in [0.5, 0.6) is 0 Å². The summed E-state index contributed by atoms with van der Waals surface area (Å²) in [7, 11) is 0. The summed E-state index contributed by atoms with van der Waals surface area (Å²) in [5, 5.41) is 0.798. The number of aryl methyl sites for hydroxylation is 1. The van der Waals surface area contributed by atoms with Crippen molar-refractivity contribution in [2.45, 2.75) is 17.8 Å². The summed E-state index contributed by atoms with van der Waals surface area (Å²) in [5.74, 6) is 1.64. The van der Waals surface area contributed by atoms with Gasteiger partial charge in [0.15, 0.2) is 5.16 Å². The lowest BCUT2D eigenvalue weighted by atomic mass is 10.5. The van der Waals surface area contributed by atoms with Crippen LogP contribution in [0.4, 0.5) is 0 Å². The Bertz CT molecular complexity index is 646. The van der Waals surface area contributed by atoms with E-state index >= 15 is 0 Å². The molecule has 3 aromatic heterocycles. The van der Waals surface area contributed by atoms with Gasteiger partial charge in [0.2, 0.25) is 0 Å². The number of aromatic amines is 1. The van der Waals surface area contributed by atoms with E-state index in [1.165, 1.54) is 0 Å². The molecule has 0 aromatic carbocycles. The Morgan fingerprint density at radius 1 is 1.33 bits per heavy atom. The van der Waals surface area contributed by atoms with Crippen LogP contribution in [0.25, 0.3) is 5.78 Å². The third-order valence-corrected chi connectivity index (χ3v) is 3.38. The summed E-state index contributed by atoms with van der Waals surface area (Å²) in [4.78, 5) is 16.1. The molecule has 3 heterocycles. The largest absolute Gasteiger partial charge is 0.400 e. The molecule has 0 bridgehead atoms. The van der Waals surface area contributed by atoms with Crippen LogP contribution in [0, 0.1) is 6.92 Å². The Morgan fingerprint density at radius 3 is 3.11 bits per heavy atom. The van der Waals surface area contributed by atoms with Gasteiger partial charge in [0, 0.05) is 18.0 Å². The van der Waals surface area contributed by atoms with Gasteiger partial charge in [-0.1, -0.05) is 16.7 Å². The predicted molar refractivity (Wildman–Crippen MR) is 68.1 cm³/mol. The first-order valence-corrected chi connectivity index (χ1v) is 6.56. The quantitative estimate of drug-likeness (QED) is 0.440. The number of H-pyrrole nitrogens is 1. The molecule has 0 amide bonds. The Hall–Kier alpha value is -1.95. The number of hydrogen-bond donors (Lipinski definition) is 1. The van der Waals surface area contributed by atoms with E-state index in [4.69, 9.17) is 0 Å². The van der Waals surface area contributed by atoms with Crippen molar-refractivity contribution in [3.63, 3.8) is 0 Å². The maximum Gasteiger partial charge on any atom is 0.400 e. The molecule has 0 atom stereocenters. The van der Waals surface area contributed by atoms with Gasteiger partial charge in [-0.25, -0.2) is 19.4 Å². The van der Waals surface area contributed by atoms with Crippen LogP contribution in [0.3, 0.4) is 0 Å². The molecule has 6 heteroatoms. The van der Waals surface area contributed by atoms with E-state index < -0.39 is 0 Å². The van der Waals surface area contributed by atoms with E-state index in [-0.39, 0.29) is 0 Å². The lowest BCUT2D eigenvalue weighted by molar-refractivity contribution is -0.512. The maximum atomic E-state index is 4.36. The van der Waals surface area contributed by atoms with Gasteiger partial charge in [-0.3, -0.25) is 0 Å². The summed E-state index contributed by atoms with van der Waals surface area (Å²) < 4.78 is 1.97. The average molecular weight is 258 g/mol. The van der Waals surface area contributed by atoms with Crippen LogP contribution in [0.1, 0.15) is 11.4 Å². The average Bonchev–Trinajstić information content (AvgIpc) is 2.79. The van der Waals surface area contributed by atoms with E-state index in [0.29, 0.717) is 0 Å². The van der Waals surface area contributed by atoms with Gasteiger partial charge in [0.25, 0.3) is 0 Å². The molecule has 0 spiro atoms. The highest BCUT2D eigenvalue weighted by Crippen LogP contribution is 2.17. The normalized spacial score (nSPS) is 10.9. The lowest BCUT2D eigenvalue weighted by Crippen LogP contribution is -2.17. The van der Waals surface area contributed by atoms with Crippen LogP contribution in [0.15, 0.2) is 42.1 Å². The zero-order chi connectivity index (χ0) is 12.4. The molecular formula is C12H12N5S+. The Morgan fingerprint density at radius 2 is 2.28 bits per heavy atom. The Balaban J connectivity index is 1.76. The van der Waals surface area contributed by atoms with Gasteiger partial charge in [0.05, 0.1) is 11.9 Å². The number of nitrogens with one attached hydrogen (secondary N) is 1. The molecule has 0 radical (unpaired) electrons. The van der Waals surface area contributed by atoms with Crippen molar-refractivity contribution in [3.8, 4) is 0 Å². The minimum Gasteiger partial charge on any atom is -0.242 e. The molecule has 0 aliphatic rings. The van der Waals surface area contributed by atoms with Gasteiger partial charge in [-0.15, -0.1) is 0 Å². The summed E-state index contributed by atoms with van der Waals surface area (Å²) in [6.07, 6.45) is 7.56. The fourth-order valence-electron chi connectivity index (χ4n) is 1.64. The summed E-state index contributed by atoms with van der Waals surface area (Å²) >= 11 is 1.61. The summed E-state index contributed by atoms with van der Waals surface area (Å²) in [5.41, 5.74) is 2.09. The second kappa shape index (κ2) is 4.73. The molecule has 90 valence electrons. The fraction of sp³-hybridized carbons (Fsp3) is 0.167. The molecule has 3 aromatic rings. The van der Waals surface area contributed by atoms with Crippen molar-refractivity contribution in [2.24, 2.45) is 0 Å². The molecular weight excluding hydrogens is 246 g/mol. The number of thioether (sulfide) groups is 1. The predicted octanol–water partition coefficient (Wildman–Crippen LogP) is 1.54. The molecule has 18 heavy (non-hydrogen) atoms. The van der Waals surface area contributed by atoms with Crippen LogP contribution in [-0.2, 0) is 5.75 Å². The van der Waals surface area contributed by atoms with E-state index in [9.17, 15) is 0 Å². The molecule has 0 aliphatic carbocycles. The van der Waals surface area contributed by atoms with Gasteiger partial charge >= 0.3 is 5.78 Å². The third kappa shape index (κ3) is 2.33. The zero-order valence-electron chi connectivity index (χ0n) is 9.87. The molecule has 0 aliphatic heterocycles. The van der Waals surface area contributed by atoms with Crippen LogP contribution >= 0.6 is 11.8 Å². The van der Waals surface area contributed by atoms with Crippen LogP contribution in [-0.4, -0.2) is 19.9 Å². The molecule has 0 fully saturated rings. The molecule has 3 rings (SSSR count). The van der Waals surface area contributed by atoms with Crippen molar-refractivity contribution >= 4 is 17.5 Å². The van der Waals surface area contributed by atoms with Gasteiger partial charge in [-0.2, -0.15) is 0 Å². The zero-order valence-corrected chi connectivity index (χ0v) is 10.7. The number of fused-ring (bicyclic) bond motifs is 1. The Labute approximate surface area is 108 Å². The molecule has 0 unspecified atom stereocenters. The van der Waals surface area contributed by atoms with Crippen molar-refractivity contribution in [1.29, 1.82) is 0 Å². The number of aromatic nitrogens is 5. The molecule has 0 saturated carbocycles. The van der Waals surface area contributed by atoms with Crippen molar-refractivity contribution < 1.29 is 4.40 Å². The first-order chi connectivity index (χ1) is 8.81. The number of imidazole rings is 1. The van der Waals surface area contributed by atoms with E-state index in [0.717, 1.165) is 28.1 Å². The highest BCUT2D eigenvalue weighted by molar-refractivity contribution is 7.98. The van der Waals surface area contributed by atoms with E-state index in [1.807, 2.05) is 35.9 Å². The lowest BCUT2D eigenvalue weighted by Gasteiger charge is -1.97. The van der Waals surface area contributed by atoms with Crippen molar-refractivity contribution in [3.05, 3.63) is 48.3 Å². The molecule has 1 N–H and O–H groups in total. The smallest absolute Gasteiger partial charge is 0.242 e. The second-order valence-corrected chi connectivity index (χ2v) is 4.84. The topological polar surface area (TPSA) is 58.6 Å².